The van der Waals surface area contributed by atoms with Crippen LogP contribution in [-0.2, 0) is 7.05 Å². The molecule has 3 aromatic rings. The average Bonchev–Trinajstić information content (AvgIpc) is 2.96. The molecule has 4 nitrogen and oxygen atoms in total. The summed E-state index contributed by atoms with van der Waals surface area (Å²) in [6, 6.07) is 8.66. The van der Waals surface area contributed by atoms with Crippen molar-refractivity contribution in [3.63, 3.8) is 0 Å². The van der Waals surface area contributed by atoms with Gasteiger partial charge < -0.3 is 4.98 Å². The van der Waals surface area contributed by atoms with Gasteiger partial charge in [-0.15, -0.1) is 0 Å². The number of aryl methyl sites for hydroxylation is 2. The fourth-order valence-corrected chi connectivity index (χ4v) is 3.20. The number of nitrogens with one attached hydrogen (secondary N) is 1. The molecule has 3 rings (SSSR count). The Labute approximate surface area is 125 Å². The van der Waals surface area contributed by atoms with Crippen molar-refractivity contribution in [1.29, 1.82) is 0 Å². The summed E-state index contributed by atoms with van der Waals surface area (Å²) in [6.07, 6.45) is 2.13. The van der Waals surface area contributed by atoms with Gasteiger partial charge in [0.25, 0.3) is 0 Å². The van der Waals surface area contributed by atoms with Gasteiger partial charge in [-0.25, -0.2) is 0 Å². The van der Waals surface area contributed by atoms with Crippen LogP contribution in [0.15, 0.2) is 30.5 Å². The van der Waals surface area contributed by atoms with E-state index >= 15 is 0 Å². The Balaban J connectivity index is 2.23. The Bertz CT molecular complexity index is 779. The summed E-state index contributed by atoms with van der Waals surface area (Å²) in [7, 11) is 6.25. The number of hydrogen-bond acceptors (Lipinski definition) is 2. The monoisotopic (exact) mass is 282 g/mol. The summed E-state index contributed by atoms with van der Waals surface area (Å²) in [6.45, 7) is 4.23. The molecule has 1 unspecified atom stereocenters. The molecule has 1 N–H and O–H groups in total. The molecule has 0 radical (unpaired) electrons. The lowest BCUT2D eigenvalue weighted by Crippen LogP contribution is -2.22. The Morgan fingerprint density at radius 2 is 1.90 bits per heavy atom. The van der Waals surface area contributed by atoms with Gasteiger partial charge in [0.2, 0.25) is 0 Å². The highest BCUT2D eigenvalue weighted by Crippen LogP contribution is 2.35. The molecule has 0 saturated carbocycles. The van der Waals surface area contributed by atoms with Crippen LogP contribution in [0.3, 0.4) is 0 Å². The summed E-state index contributed by atoms with van der Waals surface area (Å²) in [5.74, 6) is 0. The molecule has 1 aromatic carbocycles. The molecular weight excluding hydrogens is 260 g/mol. The number of fused-ring (bicyclic) bond motifs is 1. The third-order valence-electron chi connectivity index (χ3n) is 4.27. The number of rotatable bonds is 3. The first-order valence-electron chi connectivity index (χ1n) is 7.23. The maximum absolute atomic E-state index is 4.58. The average molecular weight is 282 g/mol. The van der Waals surface area contributed by atoms with Gasteiger partial charge in [-0.2, -0.15) is 5.10 Å². The molecule has 0 amide bonds. The number of aromatic amines is 1. The molecule has 0 aliphatic carbocycles. The number of nitrogens with zero attached hydrogens (tertiary/aromatic N) is 3. The molecule has 2 aromatic heterocycles. The maximum atomic E-state index is 4.58. The Kier molecular flexibility index (Phi) is 3.33. The molecule has 0 fully saturated rings. The zero-order valence-corrected chi connectivity index (χ0v) is 13.3. The van der Waals surface area contributed by atoms with E-state index in [-0.39, 0.29) is 6.04 Å². The summed E-state index contributed by atoms with van der Waals surface area (Å²) < 4.78 is 1.97. The molecular formula is C17H22N4. The van der Waals surface area contributed by atoms with E-state index in [4.69, 9.17) is 0 Å². The standard InChI is InChI=1S/C17H22N4/c1-11-16(12(2)21(5)19-11)17(20(3)4)14-10-18-15-9-7-6-8-13(14)15/h6-10,17-18H,1-5H3. The lowest BCUT2D eigenvalue weighted by Gasteiger charge is -2.25. The van der Waals surface area contributed by atoms with E-state index in [2.05, 4.69) is 73.4 Å². The fraction of sp³-hybridized carbons (Fsp3) is 0.353. The van der Waals surface area contributed by atoms with Crippen molar-refractivity contribution in [2.75, 3.05) is 14.1 Å². The first-order chi connectivity index (χ1) is 10.0. The van der Waals surface area contributed by atoms with Crippen LogP contribution in [0.5, 0.6) is 0 Å². The normalized spacial score (nSPS) is 13.2. The first kappa shape index (κ1) is 13.9. The molecule has 21 heavy (non-hydrogen) atoms. The summed E-state index contributed by atoms with van der Waals surface area (Å²) in [4.78, 5) is 5.64. The van der Waals surface area contributed by atoms with Crippen LogP contribution >= 0.6 is 0 Å². The zero-order valence-electron chi connectivity index (χ0n) is 13.3. The molecule has 0 saturated heterocycles. The Morgan fingerprint density at radius 3 is 2.52 bits per heavy atom. The van der Waals surface area contributed by atoms with Gasteiger partial charge >= 0.3 is 0 Å². The lowest BCUT2D eigenvalue weighted by molar-refractivity contribution is 0.342. The van der Waals surface area contributed by atoms with Crippen LogP contribution in [-0.4, -0.2) is 33.8 Å². The molecule has 0 bridgehead atoms. The van der Waals surface area contributed by atoms with E-state index < -0.39 is 0 Å². The largest absolute Gasteiger partial charge is 0.361 e. The Hall–Kier alpha value is -2.07. The highest BCUT2D eigenvalue weighted by Gasteiger charge is 2.25. The number of aromatic nitrogens is 3. The lowest BCUT2D eigenvalue weighted by atomic mass is 9.95. The van der Waals surface area contributed by atoms with Crippen LogP contribution in [0.1, 0.15) is 28.6 Å². The number of H-pyrrole nitrogens is 1. The SMILES string of the molecule is Cc1nn(C)c(C)c1C(c1c[nH]c2ccccc12)N(C)C. The second-order valence-corrected chi connectivity index (χ2v) is 5.86. The predicted octanol–water partition coefficient (Wildman–Crippen LogP) is 3.17. The number of para-hydroxylation sites is 1. The first-order valence-corrected chi connectivity index (χ1v) is 7.23. The molecule has 2 heterocycles. The molecule has 0 aliphatic heterocycles. The van der Waals surface area contributed by atoms with Gasteiger partial charge in [-0.05, 0) is 39.6 Å². The van der Waals surface area contributed by atoms with E-state index in [1.807, 2.05) is 11.7 Å². The smallest absolute Gasteiger partial charge is 0.0654 e. The van der Waals surface area contributed by atoms with Gasteiger partial charge in [-0.1, -0.05) is 18.2 Å². The quantitative estimate of drug-likeness (QED) is 0.801. The summed E-state index contributed by atoms with van der Waals surface area (Å²) in [5.41, 5.74) is 6.09. The molecule has 4 heteroatoms. The highest BCUT2D eigenvalue weighted by atomic mass is 15.3. The van der Waals surface area contributed by atoms with Crippen LogP contribution < -0.4 is 0 Å². The van der Waals surface area contributed by atoms with Crippen molar-refractivity contribution in [3.05, 3.63) is 53.0 Å². The van der Waals surface area contributed by atoms with Crippen molar-refractivity contribution < 1.29 is 0 Å². The van der Waals surface area contributed by atoms with Crippen LogP contribution in [0.2, 0.25) is 0 Å². The number of benzene rings is 1. The predicted molar refractivity (Wildman–Crippen MR) is 86.5 cm³/mol. The second-order valence-electron chi connectivity index (χ2n) is 5.86. The fourth-order valence-electron chi connectivity index (χ4n) is 3.20. The van der Waals surface area contributed by atoms with Crippen molar-refractivity contribution in [1.82, 2.24) is 19.7 Å². The van der Waals surface area contributed by atoms with Gasteiger partial charge in [0.15, 0.2) is 0 Å². The van der Waals surface area contributed by atoms with E-state index in [1.54, 1.807) is 0 Å². The van der Waals surface area contributed by atoms with Crippen molar-refractivity contribution in [2.24, 2.45) is 7.05 Å². The highest BCUT2D eigenvalue weighted by molar-refractivity contribution is 5.84. The summed E-state index contributed by atoms with van der Waals surface area (Å²) in [5, 5.41) is 5.86. The zero-order chi connectivity index (χ0) is 15.1. The minimum atomic E-state index is 0.204. The van der Waals surface area contributed by atoms with Crippen LogP contribution in [0, 0.1) is 13.8 Å². The van der Waals surface area contributed by atoms with Crippen LogP contribution in [0.4, 0.5) is 0 Å². The number of hydrogen-bond donors (Lipinski definition) is 1. The molecule has 0 spiro atoms. The molecule has 1 atom stereocenters. The van der Waals surface area contributed by atoms with Gasteiger partial charge in [0, 0.05) is 35.4 Å². The van der Waals surface area contributed by atoms with Crippen molar-refractivity contribution >= 4 is 10.9 Å². The van der Waals surface area contributed by atoms with E-state index in [9.17, 15) is 0 Å². The third-order valence-corrected chi connectivity index (χ3v) is 4.27. The van der Waals surface area contributed by atoms with Gasteiger partial charge in [0.05, 0.1) is 11.7 Å². The van der Waals surface area contributed by atoms with Crippen molar-refractivity contribution in [2.45, 2.75) is 19.9 Å². The van der Waals surface area contributed by atoms with E-state index in [0.717, 1.165) is 5.69 Å². The second kappa shape index (κ2) is 5.04. The minimum absolute atomic E-state index is 0.204. The topological polar surface area (TPSA) is 36.9 Å². The maximum Gasteiger partial charge on any atom is 0.0654 e. The Morgan fingerprint density at radius 1 is 1.19 bits per heavy atom. The molecule has 110 valence electrons. The van der Waals surface area contributed by atoms with Gasteiger partial charge in [0.1, 0.15) is 0 Å². The van der Waals surface area contributed by atoms with E-state index in [0.29, 0.717) is 0 Å². The van der Waals surface area contributed by atoms with E-state index in [1.165, 1.54) is 27.7 Å². The summed E-state index contributed by atoms with van der Waals surface area (Å²) >= 11 is 0. The minimum Gasteiger partial charge on any atom is -0.361 e. The van der Waals surface area contributed by atoms with Gasteiger partial charge in [-0.3, -0.25) is 9.58 Å². The van der Waals surface area contributed by atoms with Crippen LogP contribution in [0.25, 0.3) is 10.9 Å². The third kappa shape index (κ3) is 2.16. The molecule has 0 aliphatic rings. The van der Waals surface area contributed by atoms with Crippen molar-refractivity contribution in [3.8, 4) is 0 Å².